The number of aliphatic carboxylic acids is 1. The van der Waals surface area contributed by atoms with Gasteiger partial charge in [-0.2, -0.15) is 5.10 Å². The largest absolute Gasteiger partial charge is 0.481 e. The van der Waals surface area contributed by atoms with Gasteiger partial charge in [0.05, 0.1) is 12.1 Å². The molecule has 0 fully saturated rings. The minimum absolute atomic E-state index is 0.435. The zero-order valence-electron chi connectivity index (χ0n) is 11.3. The van der Waals surface area contributed by atoms with Gasteiger partial charge in [0.2, 0.25) is 0 Å². The monoisotopic (exact) mass is 292 g/mol. The highest BCUT2D eigenvalue weighted by atomic mass is 35.5. The van der Waals surface area contributed by atoms with E-state index in [2.05, 4.69) is 5.10 Å². The first-order valence-corrected chi connectivity index (χ1v) is 6.88. The third kappa shape index (κ3) is 3.84. The number of hydrogen-bond acceptors (Lipinski definition) is 2. The lowest BCUT2D eigenvalue weighted by Crippen LogP contribution is -2.17. The lowest BCUT2D eigenvalue weighted by molar-refractivity contribution is -0.141. The molecule has 2 aromatic rings. The van der Waals surface area contributed by atoms with E-state index in [0.717, 1.165) is 11.1 Å². The van der Waals surface area contributed by atoms with E-state index in [0.29, 0.717) is 24.3 Å². The lowest BCUT2D eigenvalue weighted by Gasteiger charge is -2.12. The van der Waals surface area contributed by atoms with Crippen LogP contribution in [0, 0.1) is 5.92 Å². The van der Waals surface area contributed by atoms with Crippen molar-refractivity contribution in [3.05, 3.63) is 52.8 Å². The van der Waals surface area contributed by atoms with Crippen LogP contribution < -0.4 is 0 Å². The Morgan fingerprint density at radius 2 is 2.20 bits per heavy atom. The summed E-state index contributed by atoms with van der Waals surface area (Å²) >= 11 is 6.09. The highest BCUT2D eigenvalue weighted by Crippen LogP contribution is 2.21. The first-order chi connectivity index (χ1) is 9.56. The van der Waals surface area contributed by atoms with Gasteiger partial charge in [-0.1, -0.05) is 29.8 Å². The third-order valence-corrected chi connectivity index (χ3v) is 3.68. The molecular weight excluding hydrogens is 276 g/mol. The summed E-state index contributed by atoms with van der Waals surface area (Å²) in [5.41, 5.74) is 1.94. The van der Waals surface area contributed by atoms with Gasteiger partial charge in [-0.05, 0) is 36.5 Å². The fraction of sp³-hybridized carbons (Fsp3) is 0.333. The molecule has 4 nitrogen and oxygen atoms in total. The number of carboxylic acids is 1. The first kappa shape index (κ1) is 14.6. The Kier molecular flexibility index (Phi) is 4.79. The number of nitrogens with zero attached hydrogens (tertiary/aromatic N) is 2. The molecule has 2 rings (SSSR count). The average Bonchev–Trinajstić information content (AvgIpc) is 2.82. The summed E-state index contributed by atoms with van der Waals surface area (Å²) in [5, 5.41) is 14.1. The SMILES string of the molecule is Cn1cc(CCC(Cc2ccccc2Cl)C(=O)O)cn1. The van der Waals surface area contributed by atoms with Crippen LogP contribution in [0.2, 0.25) is 5.02 Å². The number of rotatable bonds is 6. The van der Waals surface area contributed by atoms with Crippen LogP contribution in [0.25, 0.3) is 0 Å². The number of carbonyl (C=O) groups is 1. The maximum atomic E-state index is 11.4. The van der Waals surface area contributed by atoms with Gasteiger partial charge in [0.15, 0.2) is 0 Å². The molecule has 20 heavy (non-hydrogen) atoms. The van der Waals surface area contributed by atoms with Gasteiger partial charge in [0, 0.05) is 18.3 Å². The van der Waals surface area contributed by atoms with Crippen LogP contribution in [-0.2, 0) is 24.7 Å². The standard InChI is InChI=1S/C15H17ClN2O2/c1-18-10-11(9-17-18)6-7-13(15(19)20)8-12-4-2-3-5-14(12)16/h2-5,9-10,13H,6-8H2,1H3,(H,19,20). The van der Waals surface area contributed by atoms with Gasteiger partial charge in [-0.25, -0.2) is 0 Å². The van der Waals surface area contributed by atoms with E-state index in [-0.39, 0.29) is 0 Å². The van der Waals surface area contributed by atoms with Crippen LogP contribution in [0.3, 0.4) is 0 Å². The molecule has 0 aliphatic heterocycles. The van der Waals surface area contributed by atoms with Crippen molar-refractivity contribution in [3.8, 4) is 0 Å². The molecule has 1 unspecified atom stereocenters. The van der Waals surface area contributed by atoms with E-state index in [1.807, 2.05) is 31.4 Å². The van der Waals surface area contributed by atoms with E-state index in [1.165, 1.54) is 0 Å². The second-order valence-electron chi connectivity index (χ2n) is 4.89. The van der Waals surface area contributed by atoms with Crippen LogP contribution >= 0.6 is 11.6 Å². The molecule has 0 saturated heterocycles. The Morgan fingerprint density at radius 1 is 1.45 bits per heavy atom. The second-order valence-corrected chi connectivity index (χ2v) is 5.30. The molecule has 1 aromatic heterocycles. The lowest BCUT2D eigenvalue weighted by atomic mass is 9.93. The van der Waals surface area contributed by atoms with Crippen LogP contribution in [0.5, 0.6) is 0 Å². The van der Waals surface area contributed by atoms with Crippen molar-refractivity contribution in [2.45, 2.75) is 19.3 Å². The van der Waals surface area contributed by atoms with Crippen molar-refractivity contribution < 1.29 is 9.90 Å². The minimum atomic E-state index is -0.784. The third-order valence-electron chi connectivity index (χ3n) is 3.31. The van der Waals surface area contributed by atoms with Crippen molar-refractivity contribution in [2.24, 2.45) is 13.0 Å². The van der Waals surface area contributed by atoms with Gasteiger partial charge in [0.25, 0.3) is 0 Å². The number of hydrogen-bond donors (Lipinski definition) is 1. The molecule has 1 atom stereocenters. The van der Waals surface area contributed by atoms with Gasteiger partial charge in [0.1, 0.15) is 0 Å². The van der Waals surface area contributed by atoms with E-state index in [9.17, 15) is 9.90 Å². The smallest absolute Gasteiger partial charge is 0.306 e. The first-order valence-electron chi connectivity index (χ1n) is 6.50. The molecular formula is C15H17ClN2O2. The molecule has 0 aliphatic rings. The second kappa shape index (κ2) is 6.57. The Hall–Kier alpha value is -1.81. The highest BCUT2D eigenvalue weighted by molar-refractivity contribution is 6.31. The molecule has 0 saturated carbocycles. The molecule has 0 aliphatic carbocycles. The molecule has 1 aromatic carbocycles. The predicted octanol–water partition coefficient (Wildman–Crippen LogP) is 2.95. The quantitative estimate of drug-likeness (QED) is 0.890. The topological polar surface area (TPSA) is 55.1 Å². The molecule has 106 valence electrons. The fourth-order valence-electron chi connectivity index (χ4n) is 2.18. The van der Waals surface area contributed by atoms with Crippen LogP contribution in [-0.4, -0.2) is 20.9 Å². The maximum Gasteiger partial charge on any atom is 0.306 e. The van der Waals surface area contributed by atoms with E-state index < -0.39 is 11.9 Å². The van der Waals surface area contributed by atoms with Crippen LogP contribution in [0.4, 0.5) is 0 Å². The molecule has 1 N–H and O–H groups in total. The Morgan fingerprint density at radius 3 is 2.80 bits per heavy atom. The summed E-state index contributed by atoms with van der Waals surface area (Å²) in [6, 6.07) is 7.39. The van der Waals surface area contributed by atoms with Crippen LogP contribution in [0.15, 0.2) is 36.7 Å². The van der Waals surface area contributed by atoms with E-state index in [4.69, 9.17) is 11.6 Å². The van der Waals surface area contributed by atoms with Crippen molar-refractivity contribution >= 4 is 17.6 Å². The predicted molar refractivity (Wildman–Crippen MR) is 77.8 cm³/mol. The minimum Gasteiger partial charge on any atom is -0.481 e. The average molecular weight is 293 g/mol. The summed E-state index contributed by atoms with van der Waals surface area (Å²) < 4.78 is 1.72. The van der Waals surface area contributed by atoms with Gasteiger partial charge in [-0.3, -0.25) is 9.48 Å². The molecule has 0 spiro atoms. The number of benzene rings is 1. The fourth-order valence-corrected chi connectivity index (χ4v) is 2.40. The van der Waals surface area contributed by atoms with Gasteiger partial charge in [-0.15, -0.1) is 0 Å². The summed E-state index contributed by atoms with van der Waals surface area (Å²) in [6.07, 6.45) is 5.42. The normalized spacial score (nSPS) is 12.3. The molecule has 0 amide bonds. The van der Waals surface area contributed by atoms with Crippen LogP contribution in [0.1, 0.15) is 17.5 Å². The van der Waals surface area contributed by atoms with Crippen molar-refractivity contribution in [2.75, 3.05) is 0 Å². The van der Waals surface area contributed by atoms with Gasteiger partial charge >= 0.3 is 5.97 Å². The Balaban J connectivity index is 2.01. The molecule has 0 radical (unpaired) electrons. The summed E-state index contributed by atoms with van der Waals surface area (Å²) in [5.74, 6) is -1.22. The van der Waals surface area contributed by atoms with Crippen molar-refractivity contribution in [1.29, 1.82) is 0 Å². The zero-order valence-corrected chi connectivity index (χ0v) is 12.0. The van der Waals surface area contributed by atoms with E-state index in [1.54, 1.807) is 16.9 Å². The summed E-state index contributed by atoms with van der Waals surface area (Å²) in [6.45, 7) is 0. The molecule has 0 bridgehead atoms. The van der Waals surface area contributed by atoms with Crippen molar-refractivity contribution in [3.63, 3.8) is 0 Å². The summed E-state index contributed by atoms with van der Waals surface area (Å²) in [7, 11) is 1.85. The Bertz CT molecular complexity index is 595. The van der Waals surface area contributed by atoms with Gasteiger partial charge < -0.3 is 5.11 Å². The number of carboxylic acid groups (broad SMARTS) is 1. The Labute approximate surface area is 123 Å². The van der Waals surface area contributed by atoms with Crippen molar-refractivity contribution in [1.82, 2.24) is 9.78 Å². The van der Waals surface area contributed by atoms with E-state index >= 15 is 0 Å². The number of aryl methyl sites for hydroxylation is 2. The highest BCUT2D eigenvalue weighted by Gasteiger charge is 2.19. The number of halogens is 1. The molecule has 1 heterocycles. The zero-order chi connectivity index (χ0) is 14.5. The summed E-state index contributed by atoms with van der Waals surface area (Å²) in [4.78, 5) is 11.4. The molecule has 5 heteroatoms. The number of aromatic nitrogens is 2. The maximum absolute atomic E-state index is 11.4.